The number of allylic oxidation sites excluding steroid dienone is 3. The number of carbonyl (C=O) groups is 1. The lowest BCUT2D eigenvalue weighted by Gasteiger charge is -2.33. The molecule has 130 valence electrons. The van der Waals surface area contributed by atoms with Gasteiger partial charge in [0.1, 0.15) is 17.4 Å². The third kappa shape index (κ3) is 2.88. The van der Waals surface area contributed by atoms with E-state index in [1.54, 1.807) is 0 Å². The Balaban J connectivity index is 2.26. The highest BCUT2D eigenvalue weighted by atomic mass is 19.4. The molecule has 0 saturated heterocycles. The fourth-order valence-corrected chi connectivity index (χ4v) is 3.41. The molecule has 0 fully saturated rings. The number of carbonyl (C=O) groups excluding carboxylic acids is 1. The van der Waals surface area contributed by atoms with Crippen molar-refractivity contribution >= 4 is 5.78 Å². The van der Waals surface area contributed by atoms with Crippen molar-refractivity contribution in [3.05, 3.63) is 58.2 Å². The first-order valence-electron chi connectivity index (χ1n) is 7.74. The molecule has 2 N–H and O–H groups in total. The van der Waals surface area contributed by atoms with E-state index < -0.39 is 17.7 Å². The van der Waals surface area contributed by atoms with Crippen molar-refractivity contribution in [3.8, 4) is 6.07 Å². The van der Waals surface area contributed by atoms with Gasteiger partial charge in [-0.3, -0.25) is 4.79 Å². The van der Waals surface area contributed by atoms with Crippen LogP contribution in [0.2, 0.25) is 0 Å². The van der Waals surface area contributed by atoms with Crippen molar-refractivity contribution in [2.75, 3.05) is 0 Å². The maximum atomic E-state index is 13.5. The number of ketones is 1. The van der Waals surface area contributed by atoms with Gasteiger partial charge in [-0.15, -0.1) is 0 Å². The third-order valence-electron chi connectivity index (χ3n) is 4.44. The summed E-state index contributed by atoms with van der Waals surface area (Å²) in [5.74, 6) is -1.45. The number of hydrogen-bond donors (Lipinski definition) is 1. The third-order valence-corrected chi connectivity index (χ3v) is 4.44. The Morgan fingerprint density at radius 1 is 1.28 bits per heavy atom. The van der Waals surface area contributed by atoms with Gasteiger partial charge in [0.25, 0.3) is 0 Å². The number of ether oxygens (including phenoxy) is 1. The van der Waals surface area contributed by atoms with Gasteiger partial charge in [0.2, 0.25) is 5.88 Å². The summed E-state index contributed by atoms with van der Waals surface area (Å²) in [6, 6.07) is 6.75. The Bertz CT molecular complexity index is 847. The van der Waals surface area contributed by atoms with E-state index in [0.717, 1.165) is 6.07 Å². The van der Waals surface area contributed by atoms with Crippen LogP contribution in [0.4, 0.5) is 13.2 Å². The minimum absolute atomic E-state index is 0.00111. The molecule has 2 aliphatic rings. The predicted molar refractivity (Wildman–Crippen MR) is 82.5 cm³/mol. The molecule has 0 spiro atoms. The first-order valence-corrected chi connectivity index (χ1v) is 7.74. The molecule has 3 rings (SSSR count). The minimum Gasteiger partial charge on any atom is -0.444 e. The van der Waals surface area contributed by atoms with Crippen LogP contribution in [0.15, 0.2) is 47.1 Å². The maximum absolute atomic E-state index is 13.5. The molecule has 0 aromatic heterocycles. The van der Waals surface area contributed by atoms with Crippen LogP contribution in [0.1, 0.15) is 36.8 Å². The number of nitrogens with zero attached hydrogens (tertiary/aromatic N) is 1. The van der Waals surface area contributed by atoms with Gasteiger partial charge in [-0.1, -0.05) is 25.1 Å². The van der Waals surface area contributed by atoms with Gasteiger partial charge in [-0.2, -0.15) is 18.4 Å². The van der Waals surface area contributed by atoms with Gasteiger partial charge in [0.05, 0.1) is 11.5 Å². The molecule has 0 unspecified atom stereocenters. The molecule has 2 atom stereocenters. The van der Waals surface area contributed by atoms with Crippen LogP contribution in [-0.2, 0) is 15.7 Å². The number of nitrogens with two attached hydrogens (primary N) is 1. The lowest BCUT2D eigenvalue weighted by atomic mass is 9.74. The molecule has 1 aliphatic heterocycles. The molecule has 1 aromatic rings. The van der Waals surface area contributed by atoms with Crippen LogP contribution in [0, 0.1) is 17.2 Å². The number of hydrogen-bond acceptors (Lipinski definition) is 4. The molecule has 1 aliphatic carbocycles. The van der Waals surface area contributed by atoms with E-state index in [1.165, 1.54) is 18.2 Å². The first-order chi connectivity index (χ1) is 11.7. The average Bonchev–Trinajstić information content (AvgIpc) is 2.52. The van der Waals surface area contributed by atoms with Crippen molar-refractivity contribution < 1.29 is 22.7 Å². The monoisotopic (exact) mass is 348 g/mol. The lowest BCUT2D eigenvalue weighted by molar-refractivity contribution is -0.138. The van der Waals surface area contributed by atoms with E-state index in [9.17, 15) is 23.2 Å². The van der Waals surface area contributed by atoms with Crippen LogP contribution >= 0.6 is 0 Å². The number of benzene rings is 1. The quantitative estimate of drug-likeness (QED) is 0.838. The normalized spacial score (nSPS) is 23.9. The van der Waals surface area contributed by atoms with Gasteiger partial charge >= 0.3 is 6.18 Å². The van der Waals surface area contributed by atoms with E-state index in [2.05, 4.69) is 0 Å². The van der Waals surface area contributed by atoms with E-state index in [-0.39, 0.29) is 46.5 Å². The summed E-state index contributed by atoms with van der Waals surface area (Å²) in [4.78, 5) is 12.6. The average molecular weight is 348 g/mol. The summed E-state index contributed by atoms with van der Waals surface area (Å²) < 4.78 is 45.8. The molecular weight excluding hydrogens is 333 g/mol. The summed E-state index contributed by atoms with van der Waals surface area (Å²) in [5, 5.41) is 9.43. The number of nitriles is 1. The fraction of sp³-hybridized carbons (Fsp3) is 0.333. The highest BCUT2D eigenvalue weighted by Crippen LogP contribution is 2.47. The molecule has 4 nitrogen and oxygen atoms in total. The molecule has 7 heteroatoms. The van der Waals surface area contributed by atoms with Gasteiger partial charge < -0.3 is 10.5 Å². The summed E-state index contributed by atoms with van der Waals surface area (Å²) in [5.41, 5.74) is 4.68. The summed E-state index contributed by atoms with van der Waals surface area (Å²) in [6.45, 7) is 1.85. The predicted octanol–water partition coefficient (Wildman–Crippen LogP) is 3.77. The van der Waals surface area contributed by atoms with E-state index in [4.69, 9.17) is 10.5 Å². The smallest absolute Gasteiger partial charge is 0.416 e. The minimum atomic E-state index is -4.62. The SMILES string of the molecule is C[C@@H]1CC(=O)C2=C(C1)OC(N)=C(C#N)[C@@H]2c1ccccc1C(F)(F)F. The summed E-state index contributed by atoms with van der Waals surface area (Å²) >= 11 is 0. The standard InChI is InChI=1S/C18H15F3N2O2/c1-9-6-13(24)16-14(7-9)25-17(23)11(8-22)15(16)10-4-2-3-5-12(10)18(19,20)21/h2-5,9,15H,6-7,23H2,1H3/t9-,15+/m1/s1. The number of rotatable bonds is 1. The van der Waals surface area contributed by atoms with Gasteiger partial charge in [0.15, 0.2) is 5.78 Å². The van der Waals surface area contributed by atoms with Crippen LogP contribution in [0.3, 0.4) is 0 Å². The number of alkyl halides is 3. The van der Waals surface area contributed by atoms with Crippen LogP contribution in [0.5, 0.6) is 0 Å². The van der Waals surface area contributed by atoms with Gasteiger partial charge in [-0.25, -0.2) is 0 Å². The van der Waals surface area contributed by atoms with Crippen molar-refractivity contribution in [3.63, 3.8) is 0 Å². The second-order valence-corrected chi connectivity index (χ2v) is 6.28. The number of halogens is 3. The van der Waals surface area contributed by atoms with Crippen molar-refractivity contribution in [2.45, 2.75) is 31.9 Å². The molecule has 1 aromatic carbocycles. The van der Waals surface area contributed by atoms with Crippen LogP contribution in [-0.4, -0.2) is 5.78 Å². The van der Waals surface area contributed by atoms with Crippen LogP contribution in [0.25, 0.3) is 0 Å². The van der Waals surface area contributed by atoms with E-state index >= 15 is 0 Å². The zero-order valence-corrected chi connectivity index (χ0v) is 13.4. The van der Waals surface area contributed by atoms with Crippen molar-refractivity contribution in [2.24, 2.45) is 11.7 Å². The molecule has 0 saturated carbocycles. The first kappa shape index (κ1) is 17.1. The molecule has 25 heavy (non-hydrogen) atoms. The second kappa shape index (κ2) is 5.96. The topological polar surface area (TPSA) is 76.1 Å². The van der Waals surface area contributed by atoms with E-state index in [1.807, 2.05) is 13.0 Å². The zero-order chi connectivity index (χ0) is 18.4. The Kier molecular flexibility index (Phi) is 4.07. The summed E-state index contributed by atoms with van der Waals surface area (Å²) in [6.07, 6.45) is -4.02. The lowest BCUT2D eigenvalue weighted by Crippen LogP contribution is -2.30. The van der Waals surface area contributed by atoms with E-state index in [0.29, 0.717) is 6.42 Å². The van der Waals surface area contributed by atoms with Gasteiger partial charge in [0, 0.05) is 18.4 Å². The molecule has 0 radical (unpaired) electrons. The zero-order valence-electron chi connectivity index (χ0n) is 13.4. The second-order valence-electron chi connectivity index (χ2n) is 6.28. The Hall–Kier alpha value is -2.75. The Labute approximate surface area is 142 Å². The highest BCUT2D eigenvalue weighted by Gasteiger charge is 2.43. The highest BCUT2D eigenvalue weighted by molar-refractivity contribution is 5.99. The summed E-state index contributed by atoms with van der Waals surface area (Å²) in [7, 11) is 0. The Morgan fingerprint density at radius 3 is 2.60 bits per heavy atom. The molecule has 0 bridgehead atoms. The molecule has 1 heterocycles. The van der Waals surface area contributed by atoms with Crippen molar-refractivity contribution in [1.29, 1.82) is 5.26 Å². The maximum Gasteiger partial charge on any atom is 0.416 e. The van der Waals surface area contributed by atoms with Crippen LogP contribution < -0.4 is 5.73 Å². The Morgan fingerprint density at radius 2 is 1.96 bits per heavy atom. The largest absolute Gasteiger partial charge is 0.444 e. The van der Waals surface area contributed by atoms with Gasteiger partial charge in [-0.05, 0) is 17.5 Å². The fourth-order valence-electron chi connectivity index (χ4n) is 3.41. The molecular formula is C18H15F3N2O2. The van der Waals surface area contributed by atoms with Crippen molar-refractivity contribution in [1.82, 2.24) is 0 Å². The molecule has 0 amide bonds. The number of Topliss-reactive ketones (excluding diaryl/α,β-unsaturated/α-hetero) is 1.